The van der Waals surface area contributed by atoms with Crippen LogP contribution in [0.4, 0.5) is 0 Å². The zero-order chi connectivity index (χ0) is 21.7. The van der Waals surface area contributed by atoms with Crippen LogP contribution in [0.1, 0.15) is 42.5 Å². The number of benzene rings is 2. The van der Waals surface area contributed by atoms with E-state index in [1.165, 1.54) is 4.90 Å². The second kappa shape index (κ2) is 9.59. The number of aryl methyl sites for hydroxylation is 1. The SMILES string of the molecule is CCCCN1C(=O)C(=O)/C(=C(\O)c2ccc(C)cc2)C1c1cccc(OCCO)c1. The molecule has 0 aromatic heterocycles. The first-order chi connectivity index (χ1) is 14.5. The maximum Gasteiger partial charge on any atom is 0.295 e. The van der Waals surface area contributed by atoms with Crippen molar-refractivity contribution in [2.45, 2.75) is 32.7 Å². The van der Waals surface area contributed by atoms with Gasteiger partial charge < -0.3 is 19.8 Å². The van der Waals surface area contributed by atoms with E-state index in [0.717, 1.165) is 18.4 Å². The van der Waals surface area contributed by atoms with Crippen molar-refractivity contribution in [3.8, 4) is 5.75 Å². The number of hydrogen-bond donors (Lipinski definition) is 2. The highest BCUT2D eigenvalue weighted by molar-refractivity contribution is 6.46. The van der Waals surface area contributed by atoms with Crippen LogP contribution in [0, 0.1) is 6.92 Å². The number of aliphatic hydroxyl groups is 2. The highest BCUT2D eigenvalue weighted by Gasteiger charge is 2.45. The molecular formula is C24H27NO5. The summed E-state index contributed by atoms with van der Waals surface area (Å²) in [6.45, 7) is 4.39. The first-order valence-corrected chi connectivity index (χ1v) is 10.2. The Balaban J connectivity index is 2.11. The maximum atomic E-state index is 12.9. The van der Waals surface area contributed by atoms with Gasteiger partial charge in [0, 0.05) is 12.1 Å². The van der Waals surface area contributed by atoms with Crippen molar-refractivity contribution < 1.29 is 24.5 Å². The first-order valence-electron chi connectivity index (χ1n) is 10.2. The molecule has 1 atom stereocenters. The van der Waals surface area contributed by atoms with E-state index in [0.29, 0.717) is 23.4 Å². The topological polar surface area (TPSA) is 87.1 Å². The number of nitrogens with zero attached hydrogens (tertiary/aromatic N) is 1. The summed E-state index contributed by atoms with van der Waals surface area (Å²) in [7, 11) is 0. The molecule has 1 unspecified atom stereocenters. The van der Waals surface area contributed by atoms with Gasteiger partial charge in [0.05, 0.1) is 18.2 Å². The second-order valence-corrected chi connectivity index (χ2v) is 7.36. The van der Waals surface area contributed by atoms with E-state index in [4.69, 9.17) is 9.84 Å². The highest BCUT2D eigenvalue weighted by atomic mass is 16.5. The van der Waals surface area contributed by atoms with Crippen LogP contribution in [0.3, 0.4) is 0 Å². The summed E-state index contributed by atoms with van der Waals surface area (Å²) in [6.07, 6.45) is 1.61. The van der Waals surface area contributed by atoms with Crippen molar-refractivity contribution in [3.63, 3.8) is 0 Å². The minimum Gasteiger partial charge on any atom is -0.507 e. The highest BCUT2D eigenvalue weighted by Crippen LogP contribution is 2.40. The number of ether oxygens (including phenoxy) is 1. The molecule has 0 bridgehead atoms. The lowest BCUT2D eigenvalue weighted by Crippen LogP contribution is -2.30. The van der Waals surface area contributed by atoms with Crippen molar-refractivity contribution >= 4 is 17.4 Å². The molecule has 6 heteroatoms. The Morgan fingerprint density at radius 3 is 2.53 bits per heavy atom. The van der Waals surface area contributed by atoms with Gasteiger partial charge in [0.15, 0.2) is 0 Å². The predicted octanol–water partition coefficient (Wildman–Crippen LogP) is 3.59. The number of carbonyl (C=O) groups is 2. The molecule has 1 saturated heterocycles. The molecule has 1 fully saturated rings. The summed E-state index contributed by atoms with van der Waals surface area (Å²) in [4.78, 5) is 27.3. The van der Waals surface area contributed by atoms with Crippen molar-refractivity contribution in [2.24, 2.45) is 0 Å². The number of unbranched alkanes of at least 4 members (excludes halogenated alkanes) is 1. The molecule has 0 radical (unpaired) electrons. The first kappa shape index (κ1) is 21.6. The van der Waals surface area contributed by atoms with E-state index < -0.39 is 17.7 Å². The third-order valence-corrected chi connectivity index (χ3v) is 5.15. The second-order valence-electron chi connectivity index (χ2n) is 7.36. The van der Waals surface area contributed by atoms with Crippen LogP contribution in [-0.4, -0.2) is 46.6 Å². The molecule has 2 aromatic carbocycles. The molecule has 2 N–H and O–H groups in total. The molecule has 1 aliphatic heterocycles. The van der Waals surface area contributed by atoms with E-state index in [-0.39, 0.29) is 24.5 Å². The summed E-state index contributed by atoms with van der Waals surface area (Å²) in [5.41, 5.74) is 2.28. The quantitative estimate of drug-likeness (QED) is 0.395. The van der Waals surface area contributed by atoms with Crippen LogP contribution in [-0.2, 0) is 9.59 Å². The van der Waals surface area contributed by atoms with Crippen LogP contribution >= 0.6 is 0 Å². The summed E-state index contributed by atoms with van der Waals surface area (Å²) in [5.74, 6) is -0.948. The van der Waals surface area contributed by atoms with E-state index in [1.807, 2.05) is 32.0 Å². The van der Waals surface area contributed by atoms with Crippen molar-refractivity contribution in [1.82, 2.24) is 4.90 Å². The Morgan fingerprint density at radius 2 is 1.87 bits per heavy atom. The predicted molar refractivity (Wildman–Crippen MR) is 114 cm³/mol. The molecule has 0 spiro atoms. The molecule has 6 nitrogen and oxygen atoms in total. The van der Waals surface area contributed by atoms with Gasteiger partial charge in [-0.05, 0) is 31.0 Å². The van der Waals surface area contributed by atoms with Crippen LogP contribution in [0.2, 0.25) is 0 Å². The smallest absolute Gasteiger partial charge is 0.295 e. The monoisotopic (exact) mass is 409 g/mol. The molecular weight excluding hydrogens is 382 g/mol. The summed E-state index contributed by atoms with van der Waals surface area (Å²) < 4.78 is 5.50. The number of rotatable bonds is 8. The van der Waals surface area contributed by atoms with Crippen LogP contribution < -0.4 is 4.74 Å². The molecule has 1 heterocycles. The van der Waals surface area contributed by atoms with Crippen LogP contribution in [0.15, 0.2) is 54.1 Å². The number of aliphatic hydroxyl groups excluding tert-OH is 2. The fourth-order valence-electron chi connectivity index (χ4n) is 3.59. The number of likely N-dealkylation sites (tertiary alicyclic amines) is 1. The van der Waals surface area contributed by atoms with E-state index in [9.17, 15) is 14.7 Å². The Labute approximate surface area is 176 Å². The van der Waals surface area contributed by atoms with Crippen molar-refractivity contribution in [2.75, 3.05) is 19.8 Å². The number of hydrogen-bond acceptors (Lipinski definition) is 5. The molecule has 0 saturated carbocycles. The van der Waals surface area contributed by atoms with Gasteiger partial charge in [-0.3, -0.25) is 9.59 Å². The molecule has 3 rings (SSSR count). The average molecular weight is 409 g/mol. The van der Waals surface area contributed by atoms with Gasteiger partial charge in [-0.1, -0.05) is 55.3 Å². The lowest BCUT2D eigenvalue weighted by molar-refractivity contribution is -0.139. The summed E-state index contributed by atoms with van der Waals surface area (Å²) in [6, 6.07) is 13.5. The number of ketones is 1. The molecule has 158 valence electrons. The molecule has 0 aliphatic carbocycles. The Hall–Kier alpha value is -3.12. The van der Waals surface area contributed by atoms with Gasteiger partial charge in [0.25, 0.3) is 11.7 Å². The largest absolute Gasteiger partial charge is 0.507 e. The standard InChI is InChI=1S/C24H27NO5/c1-3-4-12-25-21(18-6-5-7-19(15-18)30-14-13-26)20(23(28)24(25)29)22(27)17-10-8-16(2)9-11-17/h5-11,15,21,26-27H,3-4,12-14H2,1-2H3/b22-20-. The van der Waals surface area contributed by atoms with E-state index in [1.54, 1.807) is 30.3 Å². The van der Waals surface area contributed by atoms with Gasteiger partial charge in [-0.2, -0.15) is 0 Å². The number of carbonyl (C=O) groups excluding carboxylic acids is 2. The van der Waals surface area contributed by atoms with E-state index >= 15 is 0 Å². The third-order valence-electron chi connectivity index (χ3n) is 5.15. The van der Waals surface area contributed by atoms with Crippen molar-refractivity contribution in [1.29, 1.82) is 0 Å². The van der Waals surface area contributed by atoms with Gasteiger partial charge in [-0.15, -0.1) is 0 Å². The zero-order valence-electron chi connectivity index (χ0n) is 17.3. The van der Waals surface area contributed by atoms with Gasteiger partial charge in [0.2, 0.25) is 0 Å². The normalized spacial score (nSPS) is 18.1. The van der Waals surface area contributed by atoms with Crippen LogP contribution in [0.25, 0.3) is 5.76 Å². The molecule has 2 aromatic rings. The lowest BCUT2D eigenvalue weighted by atomic mass is 9.95. The minimum absolute atomic E-state index is 0.0827. The lowest BCUT2D eigenvalue weighted by Gasteiger charge is -2.25. The Bertz CT molecular complexity index is 948. The molecule has 1 amide bonds. The van der Waals surface area contributed by atoms with Gasteiger partial charge >= 0.3 is 0 Å². The van der Waals surface area contributed by atoms with Gasteiger partial charge in [-0.25, -0.2) is 0 Å². The zero-order valence-corrected chi connectivity index (χ0v) is 17.3. The number of amides is 1. The fraction of sp³-hybridized carbons (Fsp3) is 0.333. The molecule has 1 aliphatic rings. The number of Topliss-reactive ketones (excluding diaryl/α,β-unsaturated/α-hetero) is 1. The van der Waals surface area contributed by atoms with Gasteiger partial charge in [0.1, 0.15) is 18.1 Å². The molecule has 30 heavy (non-hydrogen) atoms. The van der Waals surface area contributed by atoms with E-state index in [2.05, 4.69) is 0 Å². The maximum absolute atomic E-state index is 12.9. The average Bonchev–Trinajstić information content (AvgIpc) is 3.01. The summed E-state index contributed by atoms with van der Waals surface area (Å²) >= 11 is 0. The third kappa shape index (κ3) is 4.39. The minimum atomic E-state index is -0.699. The fourth-order valence-corrected chi connectivity index (χ4v) is 3.59. The summed E-state index contributed by atoms with van der Waals surface area (Å²) in [5, 5.41) is 20.0. The Kier molecular flexibility index (Phi) is 6.90. The van der Waals surface area contributed by atoms with Crippen molar-refractivity contribution in [3.05, 3.63) is 70.8 Å². The Morgan fingerprint density at radius 1 is 1.13 bits per heavy atom. The van der Waals surface area contributed by atoms with Crippen LogP contribution in [0.5, 0.6) is 5.75 Å².